The predicted octanol–water partition coefficient (Wildman–Crippen LogP) is 4.55. The van der Waals surface area contributed by atoms with E-state index in [-0.39, 0.29) is 11.6 Å². The van der Waals surface area contributed by atoms with Crippen molar-refractivity contribution in [1.82, 2.24) is 0 Å². The van der Waals surface area contributed by atoms with E-state index in [4.69, 9.17) is 0 Å². The first kappa shape index (κ1) is 17.9. The van der Waals surface area contributed by atoms with Gasteiger partial charge in [-0.1, -0.05) is 36.4 Å². The van der Waals surface area contributed by atoms with Crippen LogP contribution in [0.3, 0.4) is 0 Å². The van der Waals surface area contributed by atoms with Gasteiger partial charge in [0, 0.05) is 17.1 Å². The second-order valence-corrected chi connectivity index (χ2v) is 7.71. The summed E-state index contributed by atoms with van der Waals surface area (Å²) in [6.07, 6.45) is 0.454. The Balaban J connectivity index is 1.59. The SMILES string of the molecule is O=S(=O)(CCc1ccccc1)Nc1ccc(Nc2cccc(F)c2)cc1. The number of sulfonamides is 1. The van der Waals surface area contributed by atoms with Gasteiger partial charge >= 0.3 is 0 Å². The molecule has 0 saturated heterocycles. The fourth-order valence-electron chi connectivity index (χ4n) is 2.48. The van der Waals surface area contributed by atoms with Crippen molar-refractivity contribution in [2.75, 3.05) is 15.8 Å². The molecule has 0 aliphatic rings. The Hall–Kier alpha value is -2.86. The van der Waals surface area contributed by atoms with E-state index in [2.05, 4.69) is 10.0 Å². The van der Waals surface area contributed by atoms with E-state index in [9.17, 15) is 12.8 Å². The Morgan fingerprint density at radius 3 is 2.15 bits per heavy atom. The zero-order valence-electron chi connectivity index (χ0n) is 14.0. The van der Waals surface area contributed by atoms with Gasteiger partial charge in [-0.3, -0.25) is 4.72 Å². The number of aryl methyl sites for hydroxylation is 1. The largest absolute Gasteiger partial charge is 0.355 e. The molecule has 0 bridgehead atoms. The molecule has 0 spiro atoms. The Bertz CT molecular complexity index is 959. The molecular weight excluding hydrogens is 351 g/mol. The van der Waals surface area contributed by atoms with Crippen LogP contribution in [0, 0.1) is 5.82 Å². The van der Waals surface area contributed by atoms with Gasteiger partial charge in [0.2, 0.25) is 10.0 Å². The van der Waals surface area contributed by atoms with Crippen molar-refractivity contribution in [3.05, 3.63) is 90.2 Å². The number of rotatable bonds is 7. The van der Waals surface area contributed by atoms with Crippen molar-refractivity contribution in [3.63, 3.8) is 0 Å². The first-order valence-corrected chi connectivity index (χ1v) is 9.82. The highest BCUT2D eigenvalue weighted by Crippen LogP contribution is 2.20. The van der Waals surface area contributed by atoms with Gasteiger partial charge in [0.25, 0.3) is 0 Å². The molecule has 0 heterocycles. The van der Waals surface area contributed by atoms with E-state index in [1.54, 1.807) is 36.4 Å². The van der Waals surface area contributed by atoms with Crippen LogP contribution < -0.4 is 10.0 Å². The lowest BCUT2D eigenvalue weighted by Crippen LogP contribution is -2.18. The summed E-state index contributed by atoms with van der Waals surface area (Å²) in [5.74, 6) is -0.307. The van der Waals surface area contributed by atoms with Crippen molar-refractivity contribution >= 4 is 27.1 Å². The molecule has 4 nitrogen and oxygen atoms in total. The molecule has 26 heavy (non-hydrogen) atoms. The lowest BCUT2D eigenvalue weighted by atomic mass is 10.2. The molecule has 0 atom stereocenters. The topological polar surface area (TPSA) is 58.2 Å². The number of anilines is 3. The van der Waals surface area contributed by atoms with Gasteiger partial charge in [-0.25, -0.2) is 12.8 Å². The Morgan fingerprint density at radius 1 is 0.769 bits per heavy atom. The van der Waals surface area contributed by atoms with Gasteiger partial charge < -0.3 is 5.32 Å². The zero-order valence-corrected chi connectivity index (χ0v) is 14.8. The summed E-state index contributed by atoms with van der Waals surface area (Å²) in [6, 6.07) is 22.4. The van der Waals surface area contributed by atoms with Crippen LogP contribution in [-0.2, 0) is 16.4 Å². The summed E-state index contributed by atoms with van der Waals surface area (Å²) < 4.78 is 40.2. The standard InChI is InChI=1S/C20H19FN2O2S/c21-17-7-4-8-20(15-17)22-18-9-11-19(12-10-18)23-26(24,25)14-13-16-5-2-1-3-6-16/h1-12,15,22-23H,13-14H2. The molecular formula is C20H19FN2O2S. The summed E-state index contributed by atoms with van der Waals surface area (Å²) in [6.45, 7) is 0. The molecule has 0 aliphatic carbocycles. The molecule has 0 aliphatic heterocycles. The van der Waals surface area contributed by atoms with E-state index in [1.807, 2.05) is 30.3 Å². The summed E-state index contributed by atoms with van der Waals surface area (Å²) in [4.78, 5) is 0. The first-order chi connectivity index (χ1) is 12.5. The van der Waals surface area contributed by atoms with Gasteiger partial charge in [0.15, 0.2) is 0 Å². The summed E-state index contributed by atoms with van der Waals surface area (Å²) >= 11 is 0. The first-order valence-electron chi connectivity index (χ1n) is 8.17. The number of halogens is 1. The predicted molar refractivity (Wildman–Crippen MR) is 104 cm³/mol. The maximum absolute atomic E-state index is 13.2. The summed E-state index contributed by atoms with van der Waals surface area (Å²) in [5.41, 5.74) is 2.83. The van der Waals surface area contributed by atoms with Crippen LogP contribution in [0.2, 0.25) is 0 Å². The molecule has 3 rings (SSSR count). The van der Waals surface area contributed by atoms with E-state index < -0.39 is 10.0 Å². The molecule has 0 unspecified atom stereocenters. The van der Waals surface area contributed by atoms with Crippen molar-refractivity contribution < 1.29 is 12.8 Å². The van der Waals surface area contributed by atoms with Gasteiger partial charge in [-0.15, -0.1) is 0 Å². The van der Waals surface area contributed by atoms with Crippen LogP contribution in [0.4, 0.5) is 21.5 Å². The Labute approximate surface area is 152 Å². The van der Waals surface area contributed by atoms with Gasteiger partial charge in [0.05, 0.1) is 5.75 Å². The zero-order chi connectivity index (χ0) is 18.4. The third-order valence-electron chi connectivity index (χ3n) is 3.77. The van der Waals surface area contributed by atoms with Crippen molar-refractivity contribution in [2.45, 2.75) is 6.42 Å². The van der Waals surface area contributed by atoms with Crippen molar-refractivity contribution in [2.24, 2.45) is 0 Å². The van der Waals surface area contributed by atoms with Crippen molar-refractivity contribution in [1.29, 1.82) is 0 Å². The second-order valence-electron chi connectivity index (χ2n) is 5.87. The average molecular weight is 370 g/mol. The summed E-state index contributed by atoms with van der Waals surface area (Å²) in [5, 5.41) is 3.06. The van der Waals surface area contributed by atoms with E-state index in [0.717, 1.165) is 11.3 Å². The molecule has 134 valence electrons. The minimum absolute atomic E-state index is 0.0142. The Kier molecular flexibility index (Phi) is 5.53. The fourth-order valence-corrected chi connectivity index (χ4v) is 3.58. The average Bonchev–Trinajstić information content (AvgIpc) is 2.63. The quantitative estimate of drug-likeness (QED) is 0.641. The van der Waals surface area contributed by atoms with Crippen molar-refractivity contribution in [3.8, 4) is 0 Å². The summed E-state index contributed by atoms with van der Waals surface area (Å²) in [7, 11) is -3.43. The van der Waals surface area contributed by atoms with E-state index in [1.165, 1.54) is 12.1 Å². The van der Waals surface area contributed by atoms with Crippen LogP contribution in [0.1, 0.15) is 5.56 Å². The molecule has 0 radical (unpaired) electrons. The highest BCUT2D eigenvalue weighted by Gasteiger charge is 2.10. The van der Waals surface area contributed by atoms with E-state index in [0.29, 0.717) is 17.8 Å². The Morgan fingerprint density at radius 2 is 1.46 bits per heavy atom. The van der Waals surface area contributed by atoms with Gasteiger partial charge in [-0.2, -0.15) is 0 Å². The normalized spacial score (nSPS) is 11.1. The third-order valence-corrected chi connectivity index (χ3v) is 5.06. The minimum atomic E-state index is -3.43. The van der Waals surface area contributed by atoms with Crippen LogP contribution in [0.25, 0.3) is 0 Å². The second kappa shape index (κ2) is 8.01. The third kappa shape index (κ3) is 5.32. The van der Waals surface area contributed by atoms with Crippen LogP contribution in [0.5, 0.6) is 0 Å². The van der Waals surface area contributed by atoms with Crippen LogP contribution >= 0.6 is 0 Å². The highest BCUT2D eigenvalue weighted by atomic mass is 32.2. The lowest BCUT2D eigenvalue weighted by molar-refractivity contribution is 0.600. The maximum atomic E-state index is 13.2. The molecule has 3 aromatic carbocycles. The minimum Gasteiger partial charge on any atom is -0.355 e. The molecule has 0 aromatic heterocycles. The highest BCUT2D eigenvalue weighted by molar-refractivity contribution is 7.92. The fraction of sp³-hybridized carbons (Fsp3) is 0.100. The van der Waals surface area contributed by atoms with Gasteiger partial charge in [-0.05, 0) is 54.4 Å². The van der Waals surface area contributed by atoms with E-state index >= 15 is 0 Å². The number of hydrogen-bond acceptors (Lipinski definition) is 3. The molecule has 2 N–H and O–H groups in total. The molecule has 0 saturated carbocycles. The number of hydrogen-bond donors (Lipinski definition) is 2. The molecule has 3 aromatic rings. The molecule has 0 amide bonds. The van der Waals surface area contributed by atoms with Gasteiger partial charge in [0.1, 0.15) is 5.82 Å². The smallest absolute Gasteiger partial charge is 0.233 e. The lowest BCUT2D eigenvalue weighted by Gasteiger charge is -2.10. The molecule has 0 fully saturated rings. The number of benzene rings is 3. The van der Waals surface area contributed by atoms with Crippen LogP contribution in [0.15, 0.2) is 78.9 Å². The van der Waals surface area contributed by atoms with Crippen LogP contribution in [-0.4, -0.2) is 14.2 Å². The number of nitrogens with one attached hydrogen (secondary N) is 2. The molecule has 6 heteroatoms. The maximum Gasteiger partial charge on any atom is 0.233 e. The monoisotopic (exact) mass is 370 g/mol.